The summed E-state index contributed by atoms with van der Waals surface area (Å²) in [6.45, 7) is 15.5. The van der Waals surface area contributed by atoms with Crippen LogP contribution in [-0.2, 0) is 25.4 Å². The summed E-state index contributed by atoms with van der Waals surface area (Å²) in [7, 11) is 1.68. The lowest BCUT2D eigenvalue weighted by Crippen LogP contribution is -2.34. The maximum Gasteiger partial charge on any atom is 0.158 e. The number of allylic oxidation sites excluding steroid dienone is 5. The van der Waals surface area contributed by atoms with Crippen LogP contribution in [0.5, 0.6) is 0 Å². The van der Waals surface area contributed by atoms with Gasteiger partial charge in [0.1, 0.15) is 0 Å². The van der Waals surface area contributed by atoms with Crippen LogP contribution in [0.3, 0.4) is 0 Å². The summed E-state index contributed by atoms with van der Waals surface area (Å²) in [6.07, 6.45) is 26.0. The highest BCUT2D eigenvalue weighted by Crippen LogP contribution is 2.25. The molecule has 5 nitrogen and oxygen atoms in total. The Morgan fingerprint density at radius 2 is 1.66 bits per heavy atom. The molecule has 1 aliphatic rings. The number of hydrogen-bond donors (Lipinski definition) is 1. The van der Waals surface area contributed by atoms with Gasteiger partial charge in [-0.15, -0.1) is 0 Å². The first kappa shape index (κ1) is 42.2. The third-order valence-corrected chi connectivity index (χ3v) is 7.44. The van der Waals surface area contributed by atoms with Gasteiger partial charge in [0, 0.05) is 20.3 Å². The minimum atomic E-state index is -0.128. The summed E-state index contributed by atoms with van der Waals surface area (Å²) in [5, 5.41) is 10.2. The summed E-state index contributed by atoms with van der Waals surface area (Å²) in [5.74, 6) is 0. The smallest absolute Gasteiger partial charge is 0.158 e. The van der Waals surface area contributed by atoms with Gasteiger partial charge in [0.25, 0.3) is 0 Å². The molecule has 0 amide bonds. The van der Waals surface area contributed by atoms with Crippen LogP contribution in [0.2, 0.25) is 0 Å². The molecule has 3 atom stereocenters. The number of methoxy groups -OCH3 is 1. The standard InChI is InChI=1S/C25H42O3.C7H16O2.C7H10/c1-25(2,28-24-19-11-13-21-27-24)20-12-5-10-18-23(26)17-9-4-8-16-22-14-6-3-7-15-22;1-4-6-7(8-3)9-5-2;1-3-5-7-6-4-2/h3,6-7,14-15,23-24,26H,4-5,8-13,16-21H2,1-2H3;7H,4-6H2,1-3H3;3-7H,1H2,2H3/b;;6-4-,7-5-. The van der Waals surface area contributed by atoms with Crippen molar-refractivity contribution in [2.24, 2.45) is 0 Å². The molecule has 5 heteroatoms. The van der Waals surface area contributed by atoms with Gasteiger partial charge in [0.15, 0.2) is 12.6 Å². The first-order valence-electron chi connectivity index (χ1n) is 17.4. The first-order chi connectivity index (χ1) is 21.3. The van der Waals surface area contributed by atoms with Crippen molar-refractivity contribution in [3.05, 3.63) is 72.9 Å². The molecule has 1 aliphatic heterocycles. The molecule has 0 saturated carbocycles. The molecule has 1 aromatic carbocycles. The van der Waals surface area contributed by atoms with Gasteiger partial charge in [-0.3, -0.25) is 0 Å². The van der Waals surface area contributed by atoms with Gasteiger partial charge in [-0.2, -0.15) is 0 Å². The molecule has 0 spiro atoms. The van der Waals surface area contributed by atoms with E-state index in [0.29, 0.717) is 0 Å². The lowest BCUT2D eigenvalue weighted by Gasteiger charge is -2.32. The normalized spacial score (nSPS) is 16.6. The molecule has 1 fully saturated rings. The molecule has 1 heterocycles. The third kappa shape index (κ3) is 26.6. The average molecular weight is 617 g/mol. The Kier molecular flexibility index (Phi) is 28.7. The van der Waals surface area contributed by atoms with Crippen molar-refractivity contribution in [1.82, 2.24) is 0 Å². The number of unbranched alkanes of at least 4 members (excludes halogenated alkanes) is 4. The zero-order valence-electron chi connectivity index (χ0n) is 29.3. The van der Waals surface area contributed by atoms with Gasteiger partial charge >= 0.3 is 0 Å². The highest BCUT2D eigenvalue weighted by molar-refractivity contribution is 5.14. The van der Waals surface area contributed by atoms with E-state index in [0.717, 1.165) is 83.8 Å². The van der Waals surface area contributed by atoms with Gasteiger partial charge in [0.2, 0.25) is 0 Å². The SMILES string of the molecule is C=C/C=C\C=C/C.CC(C)(CCCCCC(O)CCCCCc1ccccc1)OC1CCCCO1.CCCC(OC)OCC. The number of benzene rings is 1. The quantitative estimate of drug-likeness (QED) is 0.0846. The van der Waals surface area contributed by atoms with Gasteiger partial charge in [-0.25, -0.2) is 0 Å². The monoisotopic (exact) mass is 617 g/mol. The average Bonchev–Trinajstić information content (AvgIpc) is 3.02. The van der Waals surface area contributed by atoms with E-state index in [2.05, 4.69) is 57.7 Å². The number of aryl methyl sites for hydroxylation is 1. The fourth-order valence-corrected chi connectivity index (χ4v) is 4.95. The van der Waals surface area contributed by atoms with Crippen molar-refractivity contribution in [2.45, 2.75) is 155 Å². The molecule has 0 radical (unpaired) electrons. The predicted molar refractivity (Wildman–Crippen MR) is 188 cm³/mol. The van der Waals surface area contributed by atoms with E-state index >= 15 is 0 Å². The maximum atomic E-state index is 10.2. The molecule has 2 rings (SSSR count). The van der Waals surface area contributed by atoms with Gasteiger partial charge in [-0.05, 0) is 91.0 Å². The molecule has 0 aromatic heterocycles. The number of hydrogen-bond acceptors (Lipinski definition) is 5. The highest BCUT2D eigenvalue weighted by atomic mass is 16.7. The summed E-state index contributed by atoms with van der Waals surface area (Å²) >= 11 is 0. The van der Waals surface area contributed by atoms with Crippen molar-refractivity contribution >= 4 is 0 Å². The zero-order chi connectivity index (χ0) is 32.7. The third-order valence-electron chi connectivity index (χ3n) is 7.44. The lowest BCUT2D eigenvalue weighted by molar-refractivity contribution is -0.217. The fourth-order valence-electron chi connectivity index (χ4n) is 4.95. The van der Waals surface area contributed by atoms with E-state index in [1.165, 1.54) is 31.2 Å². The molecule has 0 bridgehead atoms. The minimum absolute atomic E-state index is 0.00698. The van der Waals surface area contributed by atoms with Crippen LogP contribution in [0.15, 0.2) is 67.3 Å². The Morgan fingerprint density at radius 3 is 2.23 bits per heavy atom. The van der Waals surface area contributed by atoms with E-state index in [9.17, 15) is 5.11 Å². The second-order valence-electron chi connectivity index (χ2n) is 12.1. The van der Waals surface area contributed by atoms with E-state index in [4.69, 9.17) is 18.9 Å². The Hall–Kier alpha value is -1.76. The van der Waals surface area contributed by atoms with Crippen LogP contribution >= 0.6 is 0 Å². The van der Waals surface area contributed by atoms with Crippen LogP contribution < -0.4 is 0 Å². The van der Waals surface area contributed by atoms with Crippen LogP contribution in [0.4, 0.5) is 0 Å². The van der Waals surface area contributed by atoms with Gasteiger partial charge < -0.3 is 24.1 Å². The van der Waals surface area contributed by atoms with Gasteiger partial charge in [-0.1, -0.05) is 113 Å². The van der Waals surface area contributed by atoms with E-state index in [1.54, 1.807) is 13.2 Å². The van der Waals surface area contributed by atoms with Crippen LogP contribution in [0.1, 0.15) is 130 Å². The molecule has 0 aliphatic carbocycles. The minimum Gasteiger partial charge on any atom is -0.393 e. The molecule has 1 N–H and O–H groups in total. The molecule has 1 aromatic rings. The van der Waals surface area contributed by atoms with Crippen molar-refractivity contribution in [1.29, 1.82) is 0 Å². The number of aliphatic hydroxyl groups excluding tert-OH is 1. The summed E-state index contributed by atoms with van der Waals surface area (Å²) < 4.78 is 22.1. The maximum absolute atomic E-state index is 10.2. The topological polar surface area (TPSA) is 57.2 Å². The largest absolute Gasteiger partial charge is 0.393 e. The molecule has 3 unspecified atom stereocenters. The van der Waals surface area contributed by atoms with Crippen molar-refractivity contribution in [2.75, 3.05) is 20.3 Å². The summed E-state index contributed by atoms with van der Waals surface area (Å²) in [4.78, 5) is 0. The summed E-state index contributed by atoms with van der Waals surface area (Å²) in [6, 6.07) is 10.7. The Bertz CT molecular complexity index is 792. The van der Waals surface area contributed by atoms with Crippen molar-refractivity contribution < 1.29 is 24.1 Å². The van der Waals surface area contributed by atoms with E-state index in [-0.39, 0.29) is 24.3 Å². The van der Waals surface area contributed by atoms with E-state index < -0.39 is 0 Å². The fraction of sp³-hybridized carbons (Fsp3) is 0.692. The Labute approximate surface area is 272 Å². The van der Waals surface area contributed by atoms with Crippen LogP contribution in [-0.4, -0.2) is 49.7 Å². The second-order valence-corrected chi connectivity index (χ2v) is 12.1. The summed E-state index contributed by atoms with van der Waals surface area (Å²) in [5.41, 5.74) is 1.31. The molecule has 254 valence electrons. The van der Waals surface area contributed by atoms with Crippen LogP contribution in [0.25, 0.3) is 0 Å². The molecule has 44 heavy (non-hydrogen) atoms. The van der Waals surface area contributed by atoms with E-state index in [1.807, 2.05) is 38.2 Å². The second kappa shape index (κ2) is 29.9. The van der Waals surface area contributed by atoms with Crippen LogP contribution in [0, 0.1) is 0 Å². The van der Waals surface area contributed by atoms with Crippen molar-refractivity contribution in [3.63, 3.8) is 0 Å². The highest BCUT2D eigenvalue weighted by Gasteiger charge is 2.25. The Morgan fingerprint density at radius 1 is 0.955 bits per heavy atom. The van der Waals surface area contributed by atoms with Crippen molar-refractivity contribution in [3.8, 4) is 0 Å². The Balaban J connectivity index is 0.000000947. The number of rotatable bonds is 21. The lowest BCUT2D eigenvalue weighted by atomic mass is 9.98. The number of aliphatic hydroxyl groups is 1. The van der Waals surface area contributed by atoms with Gasteiger partial charge in [0.05, 0.1) is 11.7 Å². The number of ether oxygens (including phenoxy) is 4. The molecule has 1 saturated heterocycles. The molecular formula is C39H68O5. The predicted octanol–water partition coefficient (Wildman–Crippen LogP) is 10.5. The zero-order valence-corrected chi connectivity index (χ0v) is 29.3. The first-order valence-corrected chi connectivity index (χ1v) is 17.4. The molecular weight excluding hydrogens is 548 g/mol.